The third-order valence-electron chi connectivity index (χ3n) is 3.31. The van der Waals surface area contributed by atoms with E-state index in [1.807, 2.05) is 35.9 Å². The molecular weight excluding hydrogens is 242 g/mol. The van der Waals surface area contributed by atoms with E-state index in [2.05, 4.69) is 15.2 Å². The van der Waals surface area contributed by atoms with E-state index in [9.17, 15) is 5.11 Å². The fraction of sp³-hybridized carbons (Fsp3) is 0.231. The van der Waals surface area contributed by atoms with Gasteiger partial charge in [0.05, 0.1) is 23.3 Å². The first-order chi connectivity index (χ1) is 9.16. The van der Waals surface area contributed by atoms with Crippen molar-refractivity contribution in [3.63, 3.8) is 0 Å². The summed E-state index contributed by atoms with van der Waals surface area (Å²) in [5, 5.41) is 16.6. The lowest BCUT2D eigenvalue weighted by Crippen LogP contribution is -2.08. The van der Waals surface area contributed by atoms with E-state index in [1.165, 1.54) is 0 Å². The minimum atomic E-state index is -0.714. The van der Waals surface area contributed by atoms with Crippen LogP contribution in [0.3, 0.4) is 0 Å². The summed E-state index contributed by atoms with van der Waals surface area (Å²) < 4.78 is 1.98. The van der Waals surface area contributed by atoms with Crippen LogP contribution in [0.2, 0.25) is 0 Å². The van der Waals surface area contributed by atoms with Crippen LogP contribution in [0.4, 0.5) is 5.82 Å². The molecule has 1 atom stereocenters. The van der Waals surface area contributed by atoms with E-state index in [0.717, 1.165) is 16.9 Å². The number of nitrogens with zero attached hydrogens (tertiary/aromatic N) is 3. The Bertz CT molecular complexity index is 715. The van der Waals surface area contributed by atoms with Gasteiger partial charge in [0.1, 0.15) is 11.6 Å². The third-order valence-corrected chi connectivity index (χ3v) is 3.31. The minimum absolute atomic E-state index is 0.395. The minimum Gasteiger partial charge on any atom is -0.388 e. The number of aryl methyl sites for hydroxylation is 1. The number of imidazole rings is 1. The number of nitrogens with two attached hydrogens (primary N) is 1. The van der Waals surface area contributed by atoms with Crippen molar-refractivity contribution in [2.45, 2.75) is 12.5 Å². The number of aliphatic hydroxyl groups is 1. The topological polar surface area (TPSA) is 92.8 Å². The molecule has 19 heavy (non-hydrogen) atoms. The number of hydrogen-bond donors (Lipinski definition) is 3. The van der Waals surface area contributed by atoms with Crippen LogP contribution in [0.5, 0.6) is 0 Å². The molecule has 2 heterocycles. The van der Waals surface area contributed by atoms with Crippen LogP contribution in [0.15, 0.2) is 30.5 Å². The predicted octanol–water partition coefficient (Wildman–Crippen LogP) is 1.15. The normalized spacial score (nSPS) is 12.9. The van der Waals surface area contributed by atoms with Gasteiger partial charge in [-0.1, -0.05) is 12.1 Å². The average molecular weight is 257 g/mol. The second-order valence-corrected chi connectivity index (χ2v) is 4.53. The number of para-hydroxylation sites is 2. The molecule has 4 N–H and O–H groups in total. The Kier molecular flexibility index (Phi) is 2.72. The summed E-state index contributed by atoms with van der Waals surface area (Å²) >= 11 is 0. The van der Waals surface area contributed by atoms with Crippen molar-refractivity contribution >= 4 is 16.9 Å². The number of aliphatic hydroxyl groups excluding tert-OH is 1. The number of hydrogen-bond acceptors (Lipinski definition) is 4. The molecule has 0 saturated heterocycles. The first kappa shape index (κ1) is 11.7. The summed E-state index contributed by atoms with van der Waals surface area (Å²) in [7, 11) is 1.94. The van der Waals surface area contributed by atoms with Gasteiger partial charge in [0.2, 0.25) is 0 Å². The van der Waals surface area contributed by atoms with Crippen LogP contribution < -0.4 is 5.73 Å². The number of rotatable bonds is 3. The maximum Gasteiger partial charge on any atom is 0.124 e. The molecule has 6 nitrogen and oxygen atoms in total. The molecule has 0 spiro atoms. The summed E-state index contributed by atoms with van der Waals surface area (Å²) in [6, 6.07) is 7.88. The van der Waals surface area contributed by atoms with Crippen LogP contribution in [0.25, 0.3) is 11.0 Å². The summed E-state index contributed by atoms with van der Waals surface area (Å²) in [6.45, 7) is 0. The van der Waals surface area contributed by atoms with Crippen molar-refractivity contribution in [3.8, 4) is 0 Å². The highest BCUT2D eigenvalue weighted by atomic mass is 16.3. The molecule has 0 aliphatic carbocycles. The van der Waals surface area contributed by atoms with Crippen molar-refractivity contribution < 1.29 is 5.11 Å². The van der Waals surface area contributed by atoms with Gasteiger partial charge < -0.3 is 15.4 Å². The first-order valence-corrected chi connectivity index (χ1v) is 6.04. The highest BCUT2D eigenvalue weighted by Crippen LogP contribution is 2.23. The molecule has 0 radical (unpaired) electrons. The number of benzene rings is 1. The molecule has 6 heteroatoms. The highest BCUT2D eigenvalue weighted by molar-refractivity contribution is 5.75. The van der Waals surface area contributed by atoms with Crippen LogP contribution in [-0.4, -0.2) is 24.9 Å². The van der Waals surface area contributed by atoms with Gasteiger partial charge >= 0.3 is 0 Å². The van der Waals surface area contributed by atoms with Crippen LogP contribution in [0.1, 0.15) is 17.5 Å². The van der Waals surface area contributed by atoms with Gasteiger partial charge in [0.25, 0.3) is 0 Å². The number of aromatic amines is 1. The number of fused-ring (bicyclic) bond motifs is 1. The quantitative estimate of drug-likeness (QED) is 0.656. The molecule has 0 saturated carbocycles. The number of aromatic nitrogens is 4. The molecule has 1 aromatic carbocycles. The zero-order valence-corrected chi connectivity index (χ0v) is 10.5. The summed E-state index contributed by atoms with van der Waals surface area (Å²) in [5.74, 6) is 1.21. The van der Waals surface area contributed by atoms with Gasteiger partial charge in [0.15, 0.2) is 0 Å². The summed E-state index contributed by atoms with van der Waals surface area (Å²) in [6.07, 6.45) is 1.23. The predicted molar refractivity (Wildman–Crippen MR) is 72.4 cm³/mol. The second kappa shape index (κ2) is 4.40. The molecule has 2 aromatic heterocycles. The Hall–Kier alpha value is -2.34. The maximum atomic E-state index is 10.2. The Labute approximate surface area is 109 Å². The smallest absolute Gasteiger partial charge is 0.124 e. The zero-order chi connectivity index (χ0) is 13.4. The summed E-state index contributed by atoms with van der Waals surface area (Å²) in [4.78, 5) is 4.52. The number of H-pyrrole nitrogens is 1. The Morgan fingerprint density at radius 3 is 2.89 bits per heavy atom. The number of nitrogens with one attached hydrogen (secondary N) is 1. The Morgan fingerprint density at radius 2 is 2.21 bits per heavy atom. The van der Waals surface area contributed by atoms with Crippen molar-refractivity contribution in [2.75, 3.05) is 5.73 Å². The maximum absolute atomic E-state index is 10.2. The SMILES string of the molecule is Cn1c(CC(O)c2cn[nH]c2N)nc2ccccc21. The molecule has 3 aromatic rings. The van der Waals surface area contributed by atoms with Crippen molar-refractivity contribution in [3.05, 3.63) is 41.9 Å². The van der Waals surface area contributed by atoms with E-state index < -0.39 is 6.10 Å². The van der Waals surface area contributed by atoms with Gasteiger partial charge in [0, 0.05) is 19.0 Å². The molecule has 98 valence electrons. The van der Waals surface area contributed by atoms with Gasteiger partial charge in [-0.2, -0.15) is 5.10 Å². The molecule has 3 rings (SSSR count). The fourth-order valence-electron chi connectivity index (χ4n) is 2.23. The molecule has 0 aliphatic heterocycles. The molecule has 0 bridgehead atoms. The highest BCUT2D eigenvalue weighted by Gasteiger charge is 2.17. The largest absolute Gasteiger partial charge is 0.388 e. The molecule has 0 aliphatic rings. The fourth-order valence-corrected chi connectivity index (χ4v) is 2.23. The molecule has 0 amide bonds. The average Bonchev–Trinajstić information content (AvgIpc) is 2.95. The Morgan fingerprint density at radius 1 is 1.42 bits per heavy atom. The van der Waals surface area contributed by atoms with E-state index in [-0.39, 0.29) is 0 Å². The Balaban J connectivity index is 1.93. The number of nitrogen functional groups attached to an aromatic ring is 1. The van der Waals surface area contributed by atoms with Crippen LogP contribution in [-0.2, 0) is 13.5 Å². The van der Waals surface area contributed by atoms with Crippen LogP contribution in [0, 0.1) is 0 Å². The lowest BCUT2D eigenvalue weighted by atomic mass is 10.1. The van der Waals surface area contributed by atoms with E-state index in [1.54, 1.807) is 6.20 Å². The van der Waals surface area contributed by atoms with Gasteiger partial charge in [-0.3, -0.25) is 5.10 Å². The lowest BCUT2D eigenvalue weighted by molar-refractivity contribution is 0.176. The van der Waals surface area contributed by atoms with Crippen molar-refractivity contribution in [1.82, 2.24) is 19.7 Å². The second-order valence-electron chi connectivity index (χ2n) is 4.53. The molecule has 1 unspecified atom stereocenters. The lowest BCUT2D eigenvalue weighted by Gasteiger charge is -2.09. The monoisotopic (exact) mass is 257 g/mol. The standard InChI is InChI=1S/C13H15N5O/c1-18-10-5-3-2-4-9(10)16-12(18)6-11(19)8-7-15-17-13(8)14/h2-5,7,11,19H,6H2,1H3,(H3,14,15,17). The van der Waals surface area contributed by atoms with E-state index >= 15 is 0 Å². The third kappa shape index (κ3) is 1.96. The van der Waals surface area contributed by atoms with E-state index in [4.69, 9.17) is 5.73 Å². The molecule has 0 fully saturated rings. The van der Waals surface area contributed by atoms with Gasteiger partial charge in [-0.25, -0.2) is 4.98 Å². The summed E-state index contributed by atoms with van der Waals surface area (Å²) in [5.41, 5.74) is 8.28. The van der Waals surface area contributed by atoms with E-state index in [0.29, 0.717) is 17.8 Å². The van der Waals surface area contributed by atoms with Crippen molar-refractivity contribution in [2.24, 2.45) is 7.05 Å². The van der Waals surface area contributed by atoms with Crippen LogP contribution >= 0.6 is 0 Å². The molecular formula is C13H15N5O. The first-order valence-electron chi connectivity index (χ1n) is 6.04. The van der Waals surface area contributed by atoms with Crippen molar-refractivity contribution in [1.29, 1.82) is 0 Å². The van der Waals surface area contributed by atoms with Gasteiger partial charge in [-0.05, 0) is 12.1 Å². The van der Waals surface area contributed by atoms with Gasteiger partial charge in [-0.15, -0.1) is 0 Å². The number of anilines is 1. The zero-order valence-electron chi connectivity index (χ0n) is 10.5.